The van der Waals surface area contributed by atoms with E-state index in [1.54, 1.807) is 28.7 Å². The quantitative estimate of drug-likeness (QED) is 0.499. The van der Waals surface area contributed by atoms with Crippen molar-refractivity contribution in [3.63, 3.8) is 0 Å². The molecular weight excluding hydrogens is 406 g/mol. The molecule has 2 N–H and O–H groups in total. The molecule has 2 heterocycles. The van der Waals surface area contributed by atoms with Crippen LogP contribution in [0.4, 0.5) is 5.82 Å². The highest BCUT2D eigenvalue weighted by Crippen LogP contribution is 2.37. The van der Waals surface area contributed by atoms with Crippen LogP contribution >= 0.6 is 0 Å². The van der Waals surface area contributed by atoms with E-state index < -0.39 is 11.9 Å². The summed E-state index contributed by atoms with van der Waals surface area (Å²) in [7, 11) is 0. The number of imidazole rings is 1. The van der Waals surface area contributed by atoms with E-state index >= 15 is 0 Å². The molecule has 8 heteroatoms. The minimum absolute atomic E-state index is 0.102. The third kappa shape index (κ3) is 3.51. The summed E-state index contributed by atoms with van der Waals surface area (Å²) in [6, 6.07) is 18.8. The fourth-order valence-corrected chi connectivity index (χ4v) is 3.64. The molecule has 0 unspecified atom stereocenters. The number of aromatic nitrogens is 2. The van der Waals surface area contributed by atoms with Crippen LogP contribution in [0.5, 0.6) is 0 Å². The van der Waals surface area contributed by atoms with E-state index in [1.807, 2.05) is 31.2 Å². The number of anilines is 1. The van der Waals surface area contributed by atoms with Crippen molar-refractivity contribution in [3.05, 3.63) is 65.2 Å². The molecule has 8 nitrogen and oxygen atoms in total. The third-order valence-electron chi connectivity index (χ3n) is 5.13. The van der Waals surface area contributed by atoms with Gasteiger partial charge < -0.3 is 10.4 Å². The minimum atomic E-state index is -1.10. The predicted molar refractivity (Wildman–Crippen MR) is 118 cm³/mol. The van der Waals surface area contributed by atoms with Gasteiger partial charge in [-0.3, -0.25) is 14.0 Å². The SMILES string of the molecule is Cc1ccc(-c2c(C#N)c(NC(=O)CCC(=O)O)n3c(nc4ccccc43)c2C#N)cc1. The van der Waals surface area contributed by atoms with E-state index in [0.717, 1.165) is 5.56 Å². The molecule has 0 aliphatic heterocycles. The van der Waals surface area contributed by atoms with Crippen molar-refractivity contribution >= 4 is 34.4 Å². The Morgan fingerprint density at radius 1 is 1.03 bits per heavy atom. The number of rotatable bonds is 5. The smallest absolute Gasteiger partial charge is 0.303 e. The Bertz CT molecular complexity index is 1470. The average Bonchev–Trinajstić information content (AvgIpc) is 3.17. The van der Waals surface area contributed by atoms with Gasteiger partial charge in [-0.1, -0.05) is 42.0 Å². The Labute approximate surface area is 183 Å². The molecule has 32 heavy (non-hydrogen) atoms. The number of nitriles is 2. The summed E-state index contributed by atoms with van der Waals surface area (Å²) in [4.78, 5) is 28.0. The number of hydrogen-bond acceptors (Lipinski definition) is 5. The maximum atomic E-state index is 12.6. The third-order valence-corrected chi connectivity index (χ3v) is 5.13. The molecule has 0 bridgehead atoms. The Morgan fingerprint density at radius 2 is 1.72 bits per heavy atom. The number of nitrogens with zero attached hydrogens (tertiary/aromatic N) is 4. The van der Waals surface area contributed by atoms with Gasteiger partial charge in [0.1, 0.15) is 29.1 Å². The zero-order valence-corrected chi connectivity index (χ0v) is 17.1. The Hall–Kier alpha value is -4.69. The normalized spacial score (nSPS) is 10.6. The lowest BCUT2D eigenvalue weighted by Crippen LogP contribution is -2.17. The highest BCUT2D eigenvalue weighted by Gasteiger charge is 2.25. The van der Waals surface area contributed by atoms with Crippen LogP contribution in [0, 0.1) is 29.6 Å². The number of benzene rings is 2. The minimum Gasteiger partial charge on any atom is -0.481 e. The molecule has 0 saturated heterocycles. The van der Waals surface area contributed by atoms with Crippen molar-refractivity contribution in [2.45, 2.75) is 19.8 Å². The Kier molecular flexibility index (Phi) is 5.28. The van der Waals surface area contributed by atoms with E-state index in [-0.39, 0.29) is 29.8 Å². The van der Waals surface area contributed by atoms with Crippen molar-refractivity contribution in [2.24, 2.45) is 0 Å². The van der Waals surface area contributed by atoms with Crippen molar-refractivity contribution in [2.75, 3.05) is 5.32 Å². The number of carbonyl (C=O) groups excluding carboxylic acids is 1. The number of fused-ring (bicyclic) bond motifs is 3. The van der Waals surface area contributed by atoms with Crippen molar-refractivity contribution in [1.82, 2.24) is 9.38 Å². The van der Waals surface area contributed by atoms with Crippen LogP contribution in [0.1, 0.15) is 29.5 Å². The zero-order valence-electron chi connectivity index (χ0n) is 17.1. The molecule has 0 radical (unpaired) electrons. The molecule has 0 fully saturated rings. The fraction of sp³-hybridized carbons (Fsp3) is 0.125. The van der Waals surface area contributed by atoms with Crippen LogP contribution < -0.4 is 5.32 Å². The highest BCUT2D eigenvalue weighted by molar-refractivity contribution is 5.99. The molecule has 2 aromatic heterocycles. The second-order valence-corrected chi connectivity index (χ2v) is 7.26. The summed E-state index contributed by atoms with van der Waals surface area (Å²) in [5.74, 6) is -1.50. The maximum absolute atomic E-state index is 12.6. The number of carboxylic acid groups (broad SMARTS) is 1. The topological polar surface area (TPSA) is 131 Å². The molecule has 156 valence electrons. The molecule has 0 saturated carbocycles. The summed E-state index contributed by atoms with van der Waals surface area (Å²) in [6.07, 6.45) is -0.600. The first kappa shape index (κ1) is 20.6. The van der Waals surface area contributed by atoms with E-state index in [0.29, 0.717) is 27.8 Å². The van der Waals surface area contributed by atoms with Crippen LogP contribution in [0.15, 0.2) is 48.5 Å². The van der Waals surface area contributed by atoms with Crippen LogP contribution in [-0.2, 0) is 9.59 Å². The molecule has 0 spiro atoms. The Balaban J connectivity index is 2.08. The van der Waals surface area contributed by atoms with E-state index in [9.17, 15) is 20.1 Å². The number of para-hydroxylation sites is 2. The van der Waals surface area contributed by atoms with Crippen molar-refractivity contribution in [1.29, 1.82) is 10.5 Å². The van der Waals surface area contributed by atoms with Gasteiger partial charge in [0.25, 0.3) is 0 Å². The second-order valence-electron chi connectivity index (χ2n) is 7.26. The number of carboxylic acids is 1. The standard InChI is InChI=1S/C24H17N5O3/c1-14-6-8-15(9-7-14)22-16(12-25)23-27-18-4-2-3-5-19(18)29(23)24(17(22)13-26)28-20(30)10-11-21(31)32/h2-9H,10-11H2,1H3,(H,28,30)(H,31,32). The van der Waals surface area contributed by atoms with Gasteiger partial charge in [0, 0.05) is 12.0 Å². The van der Waals surface area contributed by atoms with Gasteiger partial charge in [-0.25, -0.2) is 4.98 Å². The molecule has 0 atom stereocenters. The second kappa shape index (κ2) is 8.21. The highest BCUT2D eigenvalue weighted by atomic mass is 16.4. The molecule has 0 aliphatic rings. The number of hydrogen-bond donors (Lipinski definition) is 2. The summed E-state index contributed by atoms with van der Waals surface area (Å²) in [5, 5.41) is 31.7. The first-order valence-corrected chi connectivity index (χ1v) is 9.80. The lowest BCUT2D eigenvalue weighted by atomic mass is 9.95. The van der Waals surface area contributed by atoms with Gasteiger partial charge in [-0.2, -0.15) is 10.5 Å². The van der Waals surface area contributed by atoms with Gasteiger partial charge in [0.15, 0.2) is 5.65 Å². The van der Waals surface area contributed by atoms with Crippen molar-refractivity contribution in [3.8, 4) is 23.3 Å². The zero-order chi connectivity index (χ0) is 22.8. The molecular formula is C24H17N5O3. The average molecular weight is 423 g/mol. The van der Waals surface area contributed by atoms with Gasteiger partial charge in [0.05, 0.1) is 17.5 Å². The van der Waals surface area contributed by atoms with E-state index in [2.05, 4.69) is 22.4 Å². The number of amides is 1. The number of carbonyl (C=O) groups is 2. The number of nitrogens with one attached hydrogen (secondary N) is 1. The first-order valence-electron chi connectivity index (χ1n) is 9.80. The van der Waals surface area contributed by atoms with Gasteiger partial charge in [0.2, 0.25) is 5.91 Å². The fourth-order valence-electron chi connectivity index (χ4n) is 3.64. The lowest BCUT2D eigenvalue weighted by Gasteiger charge is -2.16. The summed E-state index contributed by atoms with van der Waals surface area (Å²) >= 11 is 0. The maximum Gasteiger partial charge on any atom is 0.303 e. The van der Waals surface area contributed by atoms with Gasteiger partial charge >= 0.3 is 5.97 Å². The number of aryl methyl sites for hydroxylation is 1. The molecule has 4 aromatic rings. The summed E-state index contributed by atoms with van der Waals surface area (Å²) in [5.41, 5.74) is 3.84. The summed E-state index contributed by atoms with van der Waals surface area (Å²) in [6.45, 7) is 1.93. The number of aliphatic carboxylic acids is 1. The molecule has 1 amide bonds. The largest absolute Gasteiger partial charge is 0.481 e. The first-order chi connectivity index (χ1) is 15.4. The van der Waals surface area contributed by atoms with E-state index in [1.165, 1.54) is 0 Å². The van der Waals surface area contributed by atoms with Gasteiger partial charge in [-0.15, -0.1) is 0 Å². The Morgan fingerprint density at radius 3 is 2.38 bits per heavy atom. The van der Waals surface area contributed by atoms with Crippen molar-refractivity contribution < 1.29 is 14.7 Å². The molecule has 0 aliphatic carbocycles. The van der Waals surface area contributed by atoms with Crippen LogP contribution in [0.2, 0.25) is 0 Å². The van der Waals surface area contributed by atoms with Crippen LogP contribution in [0.25, 0.3) is 27.8 Å². The number of pyridine rings is 1. The van der Waals surface area contributed by atoms with E-state index in [4.69, 9.17) is 5.11 Å². The molecule has 4 rings (SSSR count). The van der Waals surface area contributed by atoms with Crippen LogP contribution in [0.3, 0.4) is 0 Å². The molecule has 2 aromatic carbocycles. The van der Waals surface area contributed by atoms with Crippen LogP contribution in [-0.4, -0.2) is 26.4 Å². The monoisotopic (exact) mass is 423 g/mol. The predicted octanol–water partition coefficient (Wildman–Crippen LogP) is 4.01. The van der Waals surface area contributed by atoms with Gasteiger partial charge in [-0.05, 0) is 24.6 Å². The summed E-state index contributed by atoms with van der Waals surface area (Å²) < 4.78 is 1.57. The lowest BCUT2D eigenvalue weighted by molar-refractivity contribution is -0.138.